The smallest absolute Gasteiger partial charge is 0.279 e. The van der Waals surface area contributed by atoms with Crippen LogP contribution in [-0.2, 0) is 16.6 Å². The van der Waals surface area contributed by atoms with Gasteiger partial charge in [0, 0.05) is 37.3 Å². The average molecular weight is 500 g/mol. The van der Waals surface area contributed by atoms with Crippen LogP contribution < -0.4 is 14.3 Å². The average Bonchev–Trinajstić information content (AvgIpc) is 3.29. The molecule has 5 rings (SSSR count). The van der Waals surface area contributed by atoms with Gasteiger partial charge in [0.25, 0.3) is 5.91 Å². The van der Waals surface area contributed by atoms with Crippen molar-refractivity contribution in [1.29, 1.82) is 0 Å². The van der Waals surface area contributed by atoms with Gasteiger partial charge in [0.05, 0.1) is 15.1 Å². The van der Waals surface area contributed by atoms with E-state index >= 15 is 0 Å². The van der Waals surface area contributed by atoms with E-state index in [1.165, 1.54) is 35.6 Å². The van der Waals surface area contributed by atoms with E-state index in [4.69, 9.17) is 9.47 Å². The molecule has 1 aromatic heterocycles. The monoisotopic (exact) mass is 499 g/mol. The summed E-state index contributed by atoms with van der Waals surface area (Å²) < 4.78 is 41.3. The third-order valence-corrected chi connectivity index (χ3v) is 8.94. The van der Waals surface area contributed by atoms with E-state index in [0.29, 0.717) is 41.5 Å². The van der Waals surface area contributed by atoms with Crippen molar-refractivity contribution in [3.8, 4) is 11.5 Å². The Morgan fingerprint density at radius 2 is 1.74 bits per heavy atom. The zero-order valence-electron chi connectivity index (χ0n) is 18.6. The number of aromatic nitrogens is 1. The van der Waals surface area contributed by atoms with E-state index in [0.717, 1.165) is 35.9 Å². The highest BCUT2D eigenvalue weighted by molar-refractivity contribution is 7.89. The van der Waals surface area contributed by atoms with Crippen LogP contribution in [0.3, 0.4) is 0 Å². The zero-order valence-corrected chi connectivity index (χ0v) is 20.2. The normalized spacial score (nSPS) is 17.1. The predicted octanol–water partition coefficient (Wildman–Crippen LogP) is 3.92. The Labute approximate surface area is 201 Å². The van der Waals surface area contributed by atoms with Crippen LogP contribution in [0.2, 0.25) is 0 Å². The first-order valence-corrected chi connectivity index (χ1v) is 13.5. The van der Waals surface area contributed by atoms with Crippen LogP contribution in [0.5, 0.6) is 11.5 Å². The fraction of sp³-hybridized carbons (Fsp3) is 0.333. The Morgan fingerprint density at radius 3 is 2.41 bits per heavy atom. The van der Waals surface area contributed by atoms with Gasteiger partial charge in [-0.1, -0.05) is 30.3 Å². The van der Waals surface area contributed by atoms with Crippen molar-refractivity contribution < 1.29 is 22.7 Å². The first kappa shape index (κ1) is 22.8. The first-order chi connectivity index (χ1) is 16.5. The van der Waals surface area contributed by atoms with Crippen molar-refractivity contribution >= 4 is 37.5 Å². The maximum atomic E-state index is 13.0. The largest absolute Gasteiger partial charge is 0.454 e. The van der Waals surface area contributed by atoms with E-state index in [1.807, 2.05) is 16.7 Å². The molecular weight excluding hydrogens is 474 g/mol. The lowest BCUT2D eigenvalue weighted by Crippen LogP contribution is -2.31. The number of carbonyl (C=O) groups is 1. The quantitative estimate of drug-likeness (QED) is 0.497. The summed E-state index contributed by atoms with van der Waals surface area (Å²) in [4.78, 5) is 18.0. The summed E-state index contributed by atoms with van der Waals surface area (Å²) in [6.45, 7) is 5.54. The van der Waals surface area contributed by atoms with Gasteiger partial charge < -0.3 is 14.0 Å². The van der Waals surface area contributed by atoms with E-state index < -0.39 is 15.9 Å². The van der Waals surface area contributed by atoms with Crippen LogP contribution in [0.4, 0.5) is 0 Å². The molecule has 1 saturated heterocycles. The molecular formula is C24H25N3O5S2. The van der Waals surface area contributed by atoms with Gasteiger partial charge in [0.1, 0.15) is 0 Å². The van der Waals surface area contributed by atoms with Gasteiger partial charge in [-0.05, 0) is 37.1 Å². The number of carbonyl (C=O) groups excluding carboxylic acids is 1. The van der Waals surface area contributed by atoms with Crippen LogP contribution in [0.25, 0.3) is 10.2 Å². The minimum Gasteiger partial charge on any atom is -0.454 e. The highest BCUT2D eigenvalue weighted by Gasteiger charge is 2.25. The lowest BCUT2D eigenvalue weighted by molar-refractivity contribution is 0.0997. The number of hydrogen-bond donors (Lipinski definition) is 0. The molecule has 0 bridgehead atoms. The maximum Gasteiger partial charge on any atom is 0.279 e. The number of allylic oxidation sites excluding steroid dienone is 1. The van der Waals surface area contributed by atoms with Crippen LogP contribution in [0, 0.1) is 0 Å². The number of benzene rings is 2. The van der Waals surface area contributed by atoms with E-state index in [2.05, 4.69) is 11.6 Å². The number of nitrogens with zero attached hydrogens (tertiary/aromatic N) is 3. The lowest BCUT2D eigenvalue weighted by Gasteiger charge is -2.19. The summed E-state index contributed by atoms with van der Waals surface area (Å²) in [5, 5.41) is 0. The molecule has 0 radical (unpaired) electrons. The summed E-state index contributed by atoms with van der Waals surface area (Å²) in [6.07, 6.45) is 5.58. The zero-order chi connectivity index (χ0) is 23.7. The van der Waals surface area contributed by atoms with Crippen LogP contribution in [0.15, 0.2) is 58.9 Å². The molecule has 8 nitrogen and oxygen atoms in total. The molecule has 3 aromatic rings. The van der Waals surface area contributed by atoms with Gasteiger partial charge in [-0.2, -0.15) is 9.30 Å². The summed E-state index contributed by atoms with van der Waals surface area (Å²) in [6, 6.07) is 9.79. The number of ether oxygens (including phenoxy) is 2. The molecule has 0 saturated carbocycles. The van der Waals surface area contributed by atoms with E-state index in [9.17, 15) is 13.2 Å². The Morgan fingerprint density at radius 1 is 1.06 bits per heavy atom. The standard InChI is InChI=1S/C24H25N3O5S2/c1-2-11-27-19-14-20-21(32-16-31-20)15-22(19)33-24(27)25-23(28)17-7-9-18(10-8-17)34(29,30)26-12-5-3-4-6-13-26/h2,7-10,14-15H,1,3-6,11-13,16H2. The van der Waals surface area contributed by atoms with Crippen LogP contribution in [0.1, 0.15) is 36.0 Å². The van der Waals surface area contributed by atoms with Crippen molar-refractivity contribution in [2.75, 3.05) is 19.9 Å². The van der Waals surface area contributed by atoms with Crippen molar-refractivity contribution in [3.63, 3.8) is 0 Å². The van der Waals surface area contributed by atoms with Crippen LogP contribution >= 0.6 is 11.3 Å². The van der Waals surface area contributed by atoms with Gasteiger partial charge in [0.15, 0.2) is 16.3 Å². The fourth-order valence-electron chi connectivity index (χ4n) is 4.20. The molecule has 3 heterocycles. The van der Waals surface area contributed by atoms with Crippen LogP contribution in [-0.4, -0.2) is 43.1 Å². The molecule has 0 N–H and O–H groups in total. The minimum absolute atomic E-state index is 0.188. The summed E-state index contributed by atoms with van der Waals surface area (Å²) in [7, 11) is -3.57. The summed E-state index contributed by atoms with van der Waals surface area (Å²) in [5.74, 6) is 0.879. The third-order valence-electron chi connectivity index (χ3n) is 5.99. The first-order valence-electron chi connectivity index (χ1n) is 11.2. The van der Waals surface area contributed by atoms with Crippen molar-refractivity contribution in [2.45, 2.75) is 37.1 Å². The fourth-order valence-corrected chi connectivity index (χ4v) is 6.77. The number of amides is 1. The van der Waals surface area contributed by atoms with Gasteiger partial charge in [-0.25, -0.2) is 8.42 Å². The molecule has 34 heavy (non-hydrogen) atoms. The molecule has 0 aliphatic carbocycles. The highest BCUT2D eigenvalue weighted by Crippen LogP contribution is 2.37. The molecule has 2 aliphatic heterocycles. The Balaban J connectivity index is 1.45. The molecule has 0 atom stereocenters. The molecule has 1 fully saturated rings. The Hall–Kier alpha value is -2.95. The second-order valence-electron chi connectivity index (χ2n) is 8.22. The van der Waals surface area contributed by atoms with E-state index in [1.54, 1.807) is 10.4 Å². The topological polar surface area (TPSA) is 90.2 Å². The highest BCUT2D eigenvalue weighted by atomic mass is 32.2. The predicted molar refractivity (Wildman–Crippen MR) is 130 cm³/mol. The Kier molecular flexibility index (Phi) is 6.28. The minimum atomic E-state index is -3.57. The lowest BCUT2D eigenvalue weighted by atomic mass is 10.2. The molecule has 0 unspecified atom stereocenters. The SMILES string of the molecule is C=CCn1c(=NC(=O)c2ccc(S(=O)(=O)N3CCCCCC3)cc2)sc2cc3c(cc21)OCO3. The Bertz CT molecular complexity index is 1410. The number of fused-ring (bicyclic) bond motifs is 2. The molecule has 0 spiro atoms. The van der Waals surface area contributed by atoms with Gasteiger partial charge in [0.2, 0.25) is 16.8 Å². The van der Waals surface area contributed by atoms with Gasteiger partial charge >= 0.3 is 0 Å². The molecule has 2 aliphatic rings. The molecule has 2 aromatic carbocycles. The number of sulfonamides is 1. The molecule has 10 heteroatoms. The van der Waals surface area contributed by atoms with Crippen molar-refractivity contribution in [2.24, 2.45) is 4.99 Å². The second-order valence-corrected chi connectivity index (χ2v) is 11.2. The maximum absolute atomic E-state index is 13.0. The second kappa shape index (κ2) is 9.36. The number of rotatable bonds is 5. The molecule has 178 valence electrons. The number of hydrogen-bond acceptors (Lipinski definition) is 6. The number of thiazole rings is 1. The third kappa shape index (κ3) is 4.28. The summed E-state index contributed by atoms with van der Waals surface area (Å²) in [5.41, 5.74) is 1.20. The van der Waals surface area contributed by atoms with Gasteiger partial charge in [-0.3, -0.25) is 4.79 Å². The van der Waals surface area contributed by atoms with E-state index in [-0.39, 0.29) is 11.7 Å². The van der Waals surface area contributed by atoms with Crippen molar-refractivity contribution in [1.82, 2.24) is 8.87 Å². The summed E-state index contributed by atoms with van der Waals surface area (Å²) >= 11 is 1.37. The van der Waals surface area contributed by atoms with Crippen molar-refractivity contribution in [3.05, 3.63) is 59.4 Å². The van der Waals surface area contributed by atoms with Gasteiger partial charge in [-0.15, -0.1) is 6.58 Å². The molecule has 1 amide bonds.